The van der Waals surface area contributed by atoms with Gasteiger partial charge in [-0.2, -0.15) is 11.8 Å². The summed E-state index contributed by atoms with van der Waals surface area (Å²) in [5, 5.41) is 3.51. The van der Waals surface area contributed by atoms with Gasteiger partial charge in [-0.05, 0) is 38.6 Å². The third kappa shape index (κ3) is 4.99. The standard InChI is InChI=1S/C15H29NO2S/c1-6-10-16-15(12-8-9-12,13(17)18-7-2)11-19-14(3,4)5/h12,16H,6-11H2,1-5H3. The fourth-order valence-electron chi connectivity index (χ4n) is 2.13. The third-order valence-corrected chi connectivity index (χ3v) is 4.80. The molecule has 0 aromatic heterocycles. The topological polar surface area (TPSA) is 38.3 Å². The Labute approximate surface area is 122 Å². The van der Waals surface area contributed by atoms with Gasteiger partial charge in [0.15, 0.2) is 0 Å². The fraction of sp³-hybridized carbons (Fsp3) is 0.933. The molecule has 1 saturated carbocycles. The van der Waals surface area contributed by atoms with Crippen LogP contribution in [0.5, 0.6) is 0 Å². The Morgan fingerprint density at radius 1 is 1.32 bits per heavy atom. The largest absolute Gasteiger partial charge is 0.465 e. The van der Waals surface area contributed by atoms with Crippen molar-refractivity contribution in [2.75, 3.05) is 18.9 Å². The zero-order chi connectivity index (χ0) is 14.5. The van der Waals surface area contributed by atoms with Gasteiger partial charge in [0.25, 0.3) is 0 Å². The van der Waals surface area contributed by atoms with Crippen molar-refractivity contribution in [1.29, 1.82) is 0 Å². The van der Waals surface area contributed by atoms with Gasteiger partial charge < -0.3 is 10.1 Å². The first-order chi connectivity index (χ1) is 8.85. The van der Waals surface area contributed by atoms with E-state index >= 15 is 0 Å². The van der Waals surface area contributed by atoms with Gasteiger partial charge in [-0.25, -0.2) is 0 Å². The number of esters is 1. The summed E-state index contributed by atoms with van der Waals surface area (Å²) in [7, 11) is 0. The molecule has 0 aromatic carbocycles. The predicted molar refractivity (Wildman–Crippen MR) is 82.6 cm³/mol. The summed E-state index contributed by atoms with van der Waals surface area (Å²) in [4.78, 5) is 12.5. The van der Waals surface area contributed by atoms with Crippen molar-refractivity contribution in [1.82, 2.24) is 5.32 Å². The molecule has 112 valence electrons. The van der Waals surface area contributed by atoms with Gasteiger partial charge in [-0.3, -0.25) is 4.79 Å². The maximum Gasteiger partial charge on any atom is 0.327 e. The van der Waals surface area contributed by atoms with Crippen LogP contribution in [0.2, 0.25) is 0 Å². The molecular weight excluding hydrogens is 258 g/mol. The summed E-state index contributed by atoms with van der Waals surface area (Å²) in [6.07, 6.45) is 3.31. The van der Waals surface area contributed by atoms with Gasteiger partial charge in [0, 0.05) is 10.5 Å². The molecule has 1 N–H and O–H groups in total. The van der Waals surface area contributed by atoms with Crippen LogP contribution in [0, 0.1) is 5.92 Å². The highest BCUT2D eigenvalue weighted by Crippen LogP contribution is 2.43. The van der Waals surface area contributed by atoms with E-state index in [1.165, 1.54) is 0 Å². The first-order valence-electron chi connectivity index (χ1n) is 7.42. The average molecular weight is 287 g/mol. The van der Waals surface area contributed by atoms with Gasteiger partial charge in [-0.15, -0.1) is 0 Å². The van der Waals surface area contributed by atoms with Crippen LogP contribution in [-0.4, -0.2) is 35.2 Å². The van der Waals surface area contributed by atoms with E-state index in [1.807, 2.05) is 18.7 Å². The summed E-state index contributed by atoms with van der Waals surface area (Å²) in [5.41, 5.74) is -0.468. The fourth-order valence-corrected chi connectivity index (χ4v) is 3.24. The maximum atomic E-state index is 12.5. The van der Waals surface area contributed by atoms with Crippen LogP contribution in [0.25, 0.3) is 0 Å². The molecule has 4 heteroatoms. The summed E-state index contributed by atoms with van der Waals surface area (Å²) >= 11 is 1.85. The average Bonchev–Trinajstić information content (AvgIpc) is 3.13. The molecule has 19 heavy (non-hydrogen) atoms. The second-order valence-electron chi connectivity index (χ2n) is 6.29. The molecule has 0 saturated heterocycles. The zero-order valence-corrected chi connectivity index (χ0v) is 13.9. The maximum absolute atomic E-state index is 12.5. The molecule has 0 radical (unpaired) electrons. The summed E-state index contributed by atoms with van der Waals surface area (Å²) in [6, 6.07) is 0. The SMILES string of the molecule is CCCNC(CSC(C)(C)C)(C(=O)OCC)C1CC1. The Morgan fingerprint density at radius 3 is 2.37 bits per heavy atom. The van der Waals surface area contributed by atoms with E-state index in [2.05, 4.69) is 33.0 Å². The summed E-state index contributed by atoms with van der Waals surface area (Å²) in [6.45, 7) is 11.9. The number of ether oxygens (including phenoxy) is 1. The van der Waals surface area contributed by atoms with Gasteiger partial charge >= 0.3 is 5.97 Å². The first-order valence-corrected chi connectivity index (χ1v) is 8.40. The van der Waals surface area contributed by atoms with Crippen molar-refractivity contribution in [2.24, 2.45) is 5.92 Å². The number of hydrogen-bond acceptors (Lipinski definition) is 4. The Bertz CT molecular complexity index is 297. The second-order valence-corrected chi connectivity index (χ2v) is 8.10. The van der Waals surface area contributed by atoms with Crippen LogP contribution in [0.15, 0.2) is 0 Å². The van der Waals surface area contributed by atoms with E-state index in [4.69, 9.17) is 4.74 Å². The quantitative estimate of drug-likeness (QED) is 0.696. The molecule has 0 spiro atoms. The lowest BCUT2D eigenvalue weighted by atomic mass is 9.95. The van der Waals surface area contributed by atoms with E-state index in [1.54, 1.807) is 0 Å². The summed E-state index contributed by atoms with van der Waals surface area (Å²) < 4.78 is 5.52. The zero-order valence-electron chi connectivity index (χ0n) is 13.0. The van der Waals surface area contributed by atoms with Crippen molar-refractivity contribution >= 4 is 17.7 Å². The molecule has 1 fully saturated rings. The van der Waals surface area contributed by atoms with Crippen LogP contribution >= 0.6 is 11.8 Å². The normalized spacial score (nSPS) is 19.0. The molecule has 1 atom stereocenters. The van der Waals surface area contributed by atoms with Crippen LogP contribution in [0.3, 0.4) is 0 Å². The number of hydrogen-bond donors (Lipinski definition) is 1. The van der Waals surface area contributed by atoms with Crippen molar-refractivity contribution in [2.45, 2.75) is 64.2 Å². The Kier molecular flexibility index (Phi) is 6.18. The van der Waals surface area contributed by atoms with Crippen LogP contribution in [-0.2, 0) is 9.53 Å². The van der Waals surface area contributed by atoms with Crippen molar-refractivity contribution in [3.05, 3.63) is 0 Å². The number of carbonyl (C=O) groups is 1. The van der Waals surface area contributed by atoms with E-state index < -0.39 is 5.54 Å². The monoisotopic (exact) mass is 287 g/mol. The number of carbonyl (C=O) groups excluding carboxylic acids is 1. The second kappa shape index (κ2) is 6.98. The van der Waals surface area contributed by atoms with E-state index in [9.17, 15) is 4.79 Å². The van der Waals surface area contributed by atoms with Crippen LogP contribution < -0.4 is 5.32 Å². The number of rotatable bonds is 8. The van der Waals surface area contributed by atoms with E-state index in [0.717, 1.165) is 31.6 Å². The highest BCUT2D eigenvalue weighted by Gasteiger charge is 2.52. The number of thioether (sulfide) groups is 1. The van der Waals surface area contributed by atoms with Gasteiger partial charge in [-0.1, -0.05) is 27.7 Å². The lowest BCUT2D eigenvalue weighted by molar-refractivity contribution is -0.151. The van der Waals surface area contributed by atoms with Gasteiger partial charge in [0.05, 0.1) is 6.61 Å². The predicted octanol–water partition coefficient (Wildman–Crippen LogP) is 3.23. The van der Waals surface area contributed by atoms with Crippen molar-refractivity contribution in [3.8, 4) is 0 Å². The molecule has 1 aliphatic carbocycles. The van der Waals surface area contributed by atoms with Crippen LogP contribution in [0.4, 0.5) is 0 Å². The molecule has 1 aliphatic rings. The molecule has 0 aromatic rings. The Balaban J connectivity index is 2.81. The van der Waals surface area contributed by atoms with Crippen molar-refractivity contribution in [3.63, 3.8) is 0 Å². The Morgan fingerprint density at radius 2 is 1.95 bits per heavy atom. The lowest BCUT2D eigenvalue weighted by Crippen LogP contribution is -2.57. The molecule has 0 heterocycles. The van der Waals surface area contributed by atoms with Crippen LogP contribution in [0.1, 0.15) is 53.9 Å². The minimum absolute atomic E-state index is 0.0531. The molecule has 0 amide bonds. The van der Waals surface area contributed by atoms with Gasteiger partial charge in [0.1, 0.15) is 5.54 Å². The first kappa shape index (κ1) is 16.8. The molecular formula is C15H29NO2S. The highest BCUT2D eigenvalue weighted by molar-refractivity contribution is 8.00. The Hall–Kier alpha value is -0.220. The molecule has 3 nitrogen and oxygen atoms in total. The molecule has 1 unspecified atom stereocenters. The molecule has 1 rings (SSSR count). The van der Waals surface area contributed by atoms with E-state index in [0.29, 0.717) is 12.5 Å². The van der Waals surface area contributed by atoms with E-state index in [-0.39, 0.29) is 10.7 Å². The third-order valence-electron chi connectivity index (χ3n) is 3.34. The minimum Gasteiger partial charge on any atom is -0.465 e. The van der Waals surface area contributed by atoms with Crippen molar-refractivity contribution < 1.29 is 9.53 Å². The summed E-state index contributed by atoms with van der Waals surface area (Å²) in [5.74, 6) is 1.20. The minimum atomic E-state index is -0.468. The smallest absolute Gasteiger partial charge is 0.327 e. The van der Waals surface area contributed by atoms with Gasteiger partial charge in [0.2, 0.25) is 0 Å². The molecule has 0 aliphatic heterocycles. The highest BCUT2D eigenvalue weighted by atomic mass is 32.2. The number of nitrogens with one attached hydrogen (secondary N) is 1. The lowest BCUT2D eigenvalue weighted by Gasteiger charge is -2.34. The molecule has 0 bridgehead atoms.